The van der Waals surface area contributed by atoms with Crippen molar-refractivity contribution in [1.29, 1.82) is 0 Å². The summed E-state index contributed by atoms with van der Waals surface area (Å²) in [5, 5.41) is 21.8. The number of carbonyl (C=O) groups excluding carboxylic acids is 1. The first-order valence-corrected chi connectivity index (χ1v) is 7.49. The zero-order valence-corrected chi connectivity index (χ0v) is 13.1. The molecule has 128 valence electrons. The molecule has 0 saturated carbocycles. The minimum absolute atomic E-state index is 0.0825. The molecule has 0 aliphatic rings. The molecule has 26 heavy (non-hydrogen) atoms. The molecule has 9 nitrogen and oxygen atoms in total. The first-order chi connectivity index (χ1) is 12.6. The Morgan fingerprint density at radius 2 is 1.81 bits per heavy atom. The van der Waals surface area contributed by atoms with Crippen LogP contribution in [-0.4, -0.2) is 21.0 Å². The second-order valence-electron chi connectivity index (χ2n) is 5.29. The highest BCUT2D eigenvalue weighted by Crippen LogP contribution is 2.28. The number of nitro groups is 1. The number of aromatic nitrogens is 2. The maximum Gasteiger partial charge on any atom is 0.322 e. The molecule has 0 atom stereocenters. The molecule has 0 radical (unpaired) electrons. The predicted molar refractivity (Wildman–Crippen MR) is 90.6 cm³/mol. The molecule has 2 aromatic carbocycles. The van der Waals surface area contributed by atoms with E-state index >= 15 is 0 Å². The monoisotopic (exact) mass is 350 g/mol. The third kappa shape index (κ3) is 2.77. The Bertz CT molecular complexity index is 1100. The number of carbonyl (C=O) groups is 1. The fourth-order valence-electron chi connectivity index (χ4n) is 2.45. The molecule has 0 bridgehead atoms. The number of nitro benzene ring substituents is 1. The van der Waals surface area contributed by atoms with Gasteiger partial charge in [0.25, 0.3) is 17.5 Å². The minimum Gasteiger partial charge on any atom is -0.451 e. The quantitative estimate of drug-likeness (QED) is 0.440. The van der Waals surface area contributed by atoms with Crippen LogP contribution in [0.4, 0.5) is 11.7 Å². The van der Waals surface area contributed by atoms with E-state index in [1.165, 1.54) is 24.3 Å². The van der Waals surface area contributed by atoms with Crippen LogP contribution < -0.4 is 5.32 Å². The van der Waals surface area contributed by atoms with Crippen LogP contribution in [0.2, 0.25) is 0 Å². The summed E-state index contributed by atoms with van der Waals surface area (Å²) < 4.78 is 11.0. The number of nitrogens with one attached hydrogen (secondary N) is 1. The lowest BCUT2D eigenvalue weighted by Crippen LogP contribution is -2.14. The molecule has 4 aromatic rings. The van der Waals surface area contributed by atoms with Crippen LogP contribution in [0, 0.1) is 10.1 Å². The molecule has 1 amide bonds. The lowest BCUT2D eigenvalue weighted by molar-refractivity contribution is -0.385. The minimum atomic E-state index is -0.725. The lowest BCUT2D eigenvalue weighted by atomic mass is 10.1. The number of nitrogens with zero attached hydrogens (tertiary/aromatic N) is 3. The third-order valence-corrected chi connectivity index (χ3v) is 3.63. The lowest BCUT2D eigenvalue weighted by Gasteiger charge is -2.01. The number of anilines is 1. The molecule has 9 heteroatoms. The maximum absolute atomic E-state index is 12.3. The Morgan fingerprint density at radius 1 is 1.04 bits per heavy atom. The van der Waals surface area contributed by atoms with E-state index in [0.717, 1.165) is 5.39 Å². The number of rotatable bonds is 4. The summed E-state index contributed by atoms with van der Waals surface area (Å²) in [5.74, 6) is -0.291. The van der Waals surface area contributed by atoms with E-state index in [2.05, 4.69) is 15.5 Å². The van der Waals surface area contributed by atoms with Crippen LogP contribution >= 0.6 is 0 Å². The van der Waals surface area contributed by atoms with Crippen LogP contribution in [0.1, 0.15) is 10.4 Å². The van der Waals surface area contributed by atoms with Crippen molar-refractivity contribution in [2.75, 3.05) is 5.32 Å². The Hall–Kier alpha value is -4.01. The zero-order valence-electron chi connectivity index (χ0n) is 13.1. The summed E-state index contributed by atoms with van der Waals surface area (Å²) in [6.07, 6.45) is 0. The topological polar surface area (TPSA) is 124 Å². The number of hydrogen-bond donors (Lipinski definition) is 1. The molecule has 1 N–H and O–H groups in total. The Morgan fingerprint density at radius 3 is 2.62 bits per heavy atom. The summed E-state index contributed by atoms with van der Waals surface area (Å²) in [7, 11) is 0. The molecular weight excluding hydrogens is 340 g/mol. The van der Waals surface area contributed by atoms with Gasteiger partial charge in [-0.05, 0) is 18.2 Å². The summed E-state index contributed by atoms with van der Waals surface area (Å²) in [6.45, 7) is 0. The number of para-hydroxylation sites is 2. The van der Waals surface area contributed by atoms with Crippen LogP contribution in [0.25, 0.3) is 22.6 Å². The smallest absolute Gasteiger partial charge is 0.322 e. The van der Waals surface area contributed by atoms with Gasteiger partial charge in [0, 0.05) is 11.5 Å². The van der Waals surface area contributed by atoms with Crippen LogP contribution in [0.15, 0.2) is 63.4 Å². The van der Waals surface area contributed by atoms with Crippen LogP contribution in [0.3, 0.4) is 0 Å². The van der Waals surface area contributed by atoms with Crippen molar-refractivity contribution in [3.63, 3.8) is 0 Å². The highest BCUT2D eigenvalue weighted by atomic mass is 16.6. The normalized spacial score (nSPS) is 10.8. The molecule has 0 spiro atoms. The fraction of sp³-hybridized carbons (Fsp3) is 0. The van der Waals surface area contributed by atoms with Gasteiger partial charge in [0.15, 0.2) is 5.76 Å². The molecule has 0 saturated heterocycles. The molecule has 0 unspecified atom stereocenters. The van der Waals surface area contributed by atoms with Gasteiger partial charge in [0.05, 0.1) is 4.92 Å². The zero-order chi connectivity index (χ0) is 18.1. The Balaban J connectivity index is 1.59. The molecule has 2 aromatic heterocycles. The molecule has 2 heterocycles. The number of amides is 1. The highest BCUT2D eigenvalue weighted by molar-refractivity contribution is 6.06. The van der Waals surface area contributed by atoms with Gasteiger partial charge in [0.2, 0.25) is 0 Å². The van der Waals surface area contributed by atoms with Gasteiger partial charge in [-0.3, -0.25) is 20.2 Å². The van der Waals surface area contributed by atoms with E-state index in [1.54, 1.807) is 12.1 Å². The molecule has 0 aliphatic heterocycles. The van der Waals surface area contributed by atoms with Gasteiger partial charge in [0.1, 0.15) is 11.1 Å². The molecular formula is C17H10N4O5. The van der Waals surface area contributed by atoms with Crippen molar-refractivity contribution in [2.45, 2.75) is 0 Å². The van der Waals surface area contributed by atoms with Crippen molar-refractivity contribution in [3.8, 4) is 11.7 Å². The van der Waals surface area contributed by atoms with Crippen molar-refractivity contribution < 1.29 is 18.6 Å². The number of fused-ring (bicyclic) bond motifs is 1. The SMILES string of the molecule is O=C(Nc1nnc(-c2cc3ccccc3o2)o1)c1ccccc1[N+](=O)[O-]. The van der Waals surface area contributed by atoms with E-state index < -0.39 is 10.8 Å². The van der Waals surface area contributed by atoms with Gasteiger partial charge in [-0.1, -0.05) is 35.4 Å². The predicted octanol–water partition coefficient (Wildman–Crippen LogP) is 3.64. The average Bonchev–Trinajstić information content (AvgIpc) is 3.28. The number of hydrogen-bond acceptors (Lipinski definition) is 7. The Labute approximate surface area is 145 Å². The summed E-state index contributed by atoms with van der Waals surface area (Å²) in [6, 6.07) is 14.5. The van der Waals surface area contributed by atoms with Crippen molar-refractivity contribution in [2.24, 2.45) is 0 Å². The summed E-state index contributed by atoms with van der Waals surface area (Å²) in [5.41, 5.74) is 0.231. The van der Waals surface area contributed by atoms with Crippen LogP contribution in [-0.2, 0) is 0 Å². The van der Waals surface area contributed by atoms with Gasteiger partial charge in [-0.15, -0.1) is 5.10 Å². The molecule has 0 aliphatic carbocycles. The van der Waals surface area contributed by atoms with E-state index in [9.17, 15) is 14.9 Å². The van der Waals surface area contributed by atoms with Crippen LogP contribution in [0.5, 0.6) is 0 Å². The Kier molecular flexibility index (Phi) is 3.66. The first-order valence-electron chi connectivity index (χ1n) is 7.49. The molecule has 4 rings (SSSR count). The van der Waals surface area contributed by atoms with Gasteiger partial charge >= 0.3 is 6.01 Å². The molecule has 0 fully saturated rings. The second kappa shape index (κ2) is 6.13. The highest BCUT2D eigenvalue weighted by Gasteiger charge is 2.21. The third-order valence-electron chi connectivity index (χ3n) is 3.63. The van der Waals surface area contributed by atoms with E-state index in [0.29, 0.717) is 11.3 Å². The van der Waals surface area contributed by atoms with Gasteiger partial charge in [-0.2, -0.15) is 0 Å². The largest absolute Gasteiger partial charge is 0.451 e. The van der Waals surface area contributed by atoms with E-state index in [-0.39, 0.29) is 23.2 Å². The van der Waals surface area contributed by atoms with E-state index in [4.69, 9.17) is 8.83 Å². The summed E-state index contributed by atoms with van der Waals surface area (Å²) in [4.78, 5) is 22.6. The van der Waals surface area contributed by atoms with Gasteiger partial charge < -0.3 is 8.83 Å². The average molecular weight is 350 g/mol. The fourth-order valence-corrected chi connectivity index (χ4v) is 2.45. The second-order valence-corrected chi connectivity index (χ2v) is 5.29. The number of furan rings is 1. The first kappa shape index (κ1) is 15.5. The maximum atomic E-state index is 12.3. The summed E-state index contributed by atoms with van der Waals surface area (Å²) >= 11 is 0. The number of benzene rings is 2. The standard InChI is InChI=1S/C17H10N4O5/c22-15(11-6-2-3-7-12(11)21(23)24)18-17-20-19-16(26-17)14-9-10-5-1-4-8-13(10)25-14/h1-9H,(H,18,20,22). The van der Waals surface area contributed by atoms with Crippen molar-refractivity contribution in [1.82, 2.24) is 10.2 Å². The van der Waals surface area contributed by atoms with E-state index in [1.807, 2.05) is 18.2 Å². The van der Waals surface area contributed by atoms with Gasteiger partial charge in [-0.25, -0.2) is 0 Å². The van der Waals surface area contributed by atoms with Crippen molar-refractivity contribution >= 4 is 28.6 Å². The van der Waals surface area contributed by atoms with Crippen molar-refractivity contribution in [3.05, 3.63) is 70.3 Å².